The highest BCUT2D eigenvalue weighted by molar-refractivity contribution is 5.67. The zero-order chi connectivity index (χ0) is 15.1. The maximum absolute atomic E-state index is 4.54. The largest absolute Gasteiger partial charge is 0.370 e. The van der Waals surface area contributed by atoms with E-state index in [0.29, 0.717) is 0 Å². The van der Waals surface area contributed by atoms with Gasteiger partial charge in [-0.25, -0.2) is 9.97 Å². The Hall–Kier alpha value is -2.10. The molecule has 21 heavy (non-hydrogen) atoms. The van der Waals surface area contributed by atoms with Gasteiger partial charge in [-0.05, 0) is 31.9 Å². The molecule has 0 saturated carbocycles. The molecule has 112 valence electrons. The molecule has 0 saturated heterocycles. The van der Waals surface area contributed by atoms with Crippen LogP contribution in [0.15, 0.2) is 36.7 Å². The van der Waals surface area contributed by atoms with Crippen LogP contribution in [0.5, 0.6) is 0 Å². The van der Waals surface area contributed by atoms with Crippen LogP contribution in [0, 0.1) is 0 Å². The fourth-order valence-corrected chi connectivity index (χ4v) is 2.42. The highest BCUT2D eigenvalue weighted by Gasteiger charge is 2.16. The van der Waals surface area contributed by atoms with Gasteiger partial charge >= 0.3 is 0 Å². The second-order valence-corrected chi connectivity index (χ2v) is 4.88. The van der Waals surface area contributed by atoms with Crippen molar-refractivity contribution < 1.29 is 0 Å². The third-order valence-electron chi connectivity index (χ3n) is 3.46. The fourth-order valence-electron chi connectivity index (χ4n) is 2.42. The first-order valence-corrected chi connectivity index (χ1v) is 7.72. The standard InChI is InChI=1S/C17H24N4/c1-4-12-18-16-15(5-2)17(20-13-19-16)21(6-3)14-10-8-7-9-11-14/h7-11,13H,4-6,12H2,1-3H3,(H,18,19,20). The average molecular weight is 284 g/mol. The zero-order valence-electron chi connectivity index (χ0n) is 13.1. The summed E-state index contributed by atoms with van der Waals surface area (Å²) in [5.41, 5.74) is 2.34. The highest BCUT2D eigenvalue weighted by atomic mass is 15.2. The Kier molecular flexibility index (Phi) is 5.55. The molecule has 1 N–H and O–H groups in total. The first kappa shape index (κ1) is 15.3. The number of hydrogen-bond acceptors (Lipinski definition) is 4. The second-order valence-electron chi connectivity index (χ2n) is 4.88. The summed E-state index contributed by atoms with van der Waals surface area (Å²) in [6, 6.07) is 10.4. The SMILES string of the molecule is CCCNc1ncnc(N(CC)c2ccccc2)c1CC. The molecule has 0 atom stereocenters. The van der Waals surface area contributed by atoms with Crippen LogP contribution in [0.25, 0.3) is 0 Å². The monoisotopic (exact) mass is 284 g/mol. The van der Waals surface area contributed by atoms with Gasteiger partial charge in [-0.1, -0.05) is 32.0 Å². The van der Waals surface area contributed by atoms with E-state index in [1.165, 1.54) is 5.56 Å². The topological polar surface area (TPSA) is 41.1 Å². The molecule has 0 amide bonds. The number of para-hydroxylation sites is 1. The third kappa shape index (κ3) is 3.51. The molecule has 0 fully saturated rings. The summed E-state index contributed by atoms with van der Waals surface area (Å²) in [6.07, 6.45) is 3.64. The highest BCUT2D eigenvalue weighted by Crippen LogP contribution is 2.29. The van der Waals surface area contributed by atoms with Crippen LogP contribution >= 0.6 is 0 Å². The molecule has 0 aliphatic carbocycles. The quantitative estimate of drug-likeness (QED) is 0.833. The van der Waals surface area contributed by atoms with Gasteiger partial charge in [0.05, 0.1) is 0 Å². The lowest BCUT2D eigenvalue weighted by Gasteiger charge is -2.25. The Bertz CT molecular complexity index is 554. The van der Waals surface area contributed by atoms with Gasteiger partial charge in [-0.3, -0.25) is 0 Å². The molecular weight excluding hydrogens is 260 g/mol. The van der Waals surface area contributed by atoms with Crippen LogP contribution in [-0.2, 0) is 6.42 Å². The number of hydrogen-bond donors (Lipinski definition) is 1. The summed E-state index contributed by atoms with van der Waals surface area (Å²) in [5, 5.41) is 3.41. The minimum atomic E-state index is 0.876. The average Bonchev–Trinajstić information content (AvgIpc) is 2.54. The molecule has 2 aromatic rings. The first-order chi connectivity index (χ1) is 10.3. The van der Waals surface area contributed by atoms with Gasteiger partial charge in [-0.2, -0.15) is 0 Å². The van der Waals surface area contributed by atoms with Gasteiger partial charge in [-0.15, -0.1) is 0 Å². The minimum absolute atomic E-state index is 0.876. The van der Waals surface area contributed by atoms with Gasteiger partial charge in [0.25, 0.3) is 0 Å². The predicted molar refractivity (Wildman–Crippen MR) is 89.3 cm³/mol. The summed E-state index contributed by atoms with van der Waals surface area (Å²) in [5.74, 6) is 1.96. The van der Waals surface area contributed by atoms with Gasteiger partial charge < -0.3 is 10.2 Å². The van der Waals surface area contributed by atoms with Crippen LogP contribution in [0.4, 0.5) is 17.3 Å². The van der Waals surface area contributed by atoms with E-state index in [-0.39, 0.29) is 0 Å². The molecule has 0 bridgehead atoms. The lowest BCUT2D eigenvalue weighted by atomic mass is 10.2. The zero-order valence-corrected chi connectivity index (χ0v) is 13.1. The summed E-state index contributed by atoms with van der Waals surface area (Å²) in [6.45, 7) is 8.26. The lowest BCUT2D eigenvalue weighted by Crippen LogP contribution is -2.20. The van der Waals surface area contributed by atoms with E-state index in [9.17, 15) is 0 Å². The van der Waals surface area contributed by atoms with E-state index in [1.807, 2.05) is 6.07 Å². The number of rotatable bonds is 7. The molecule has 0 unspecified atom stereocenters. The van der Waals surface area contributed by atoms with Crippen molar-refractivity contribution in [2.24, 2.45) is 0 Å². The van der Waals surface area contributed by atoms with Crippen molar-refractivity contribution in [3.63, 3.8) is 0 Å². The summed E-state index contributed by atoms with van der Waals surface area (Å²) >= 11 is 0. The van der Waals surface area contributed by atoms with Crippen LogP contribution in [0.3, 0.4) is 0 Å². The molecule has 4 heteroatoms. The maximum atomic E-state index is 4.54. The lowest BCUT2D eigenvalue weighted by molar-refractivity contribution is 0.919. The maximum Gasteiger partial charge on any atom is 0.141 e. The molecule has 1 aromatic carbocycles. The van der Waals surface area contributed by atoms with Gasteiger partial charge in [0.1, 0.15) is 18.0 Å². The van der Waals surface area contributed by atoms with Gasteiger partial charge in [0, 0.05) is 24.3 Å². The number of aromatic nitrogens is 2. The van der Waals surface area contributed by atoms with E-state index in [4.69, 9.17) is 0 Å². The van der Waals surface area contributed by atoms with Crippen molar-refractivity contribution in [1.82, 2.24) is 9.97 Å². The van der Waals surface area contributed by atoms with Crippen LogP contribution in [0.2, 0.25) is 0 Å². The Morgan fingerprint density at radius 1 is 1.05 bits per heavy atom. The minimum Gasteiger partial charge on any atom is -0.370 e. The number of anilines is 3. The van der Waals surface area contributed by atoms with E-state index >= 15 is 0 Å². The number of nitrogens with one attached hydrogen (secondary N) is 1. The Morgan fingerprint density at radius 3 is 2.43 bits per heavy atom. The third-order valence-corrected chi connectivity index (χ3v) is 3.46. The van der Waals surface area contributed by atoms with Crippen molar-refractivity contribution in [1.29, 1.82) is 0 Å². The fraction of sp³-hybridized carbons (Fsp3) is 0.412. The number of nitrogens with zero attached hydrogens (tertiary/aromatic N) is 3. The molecule has 2 rings (SSSR count). The smallest absolute Gasteiger partial charge is 0.141 e. The van der Waals surface area contributed by atoms with E-state index < -0.39 is 0 Å². The summed E-state index contributed by atoms with van der Waals surface area (Å²) in [7, 11) is 0. The second kappa shape index (κ2) is 7.62. The normalized spacial score (nSPS) is 10.4. The Labute approximate surface area is 127 Å². The summed E-state index contributed by atoms with van der Waals surface area (Å²) in [4.78, 5) is 11.2. The van der Waals surface area contributed by atoms with Crippen molar-refractivity contribution >= 4 is 17.3 Å². The Balaban J connectivity index is 2.41. The molecule has 4 nitrogen and oxygen atoms in total. The summed E-state index contributed by atoms with van der Waals surface area (Å²) < 4.78 is 0. The molecule has 0 aliphatic heterocycles. The van der Waals surface area contributed by atoms with Gasteiger partial charge in [0.2, 0.25) is 0 Å². The molecule has 0 aliphatic rings. The van der Waals surface area contributed by atoms with Crippen molar-refractivity contribution in [3.05, 3.63) is 42.2 Å². The Morgan fingerprint density at radius 2 is 1.81 bits per heavy atom. The molecule has 1 heterocycles. The number of benzene rings is 1. The van der Waals surface area contributed by atoms with E-state index in [0.717, 1.165) is 43.3 Å². The van der Waals surface area contributed by atoms with Crippen molar-refractivity contribution in [2.75, 3.05) is 23.3 Å². The van der Waals surface area contributed by atoms with Crippen LogP contribution < -0.4 is 10.2 Å². The van der Waals surface area contributed by atoms with Crippen molar-refractivity contribution in [2.45, 2.75) is 33.6 Å². The van der Waals surface area contributed by atoms with Crippen molar-refractivity contribution in [3.8, 4) is 0 Å². The first-order valence-electron chi connectivity index (χ1n) is 7.72. The molecular formula is C17H24N4. The molecule has 0 spiro atoms. The van der Waals surface area contributed by atoms with Crippen LogP contribution in [0.1, 0.15) is 32.8 Å². The van der Waals surface area contributed by atoms with E-state index in [2.05, 4.69) is 65.2 Å². The molecule has 1 aromatic heterocycles. The van der Waals surface area contributed by atoms with Gasteiger partial charge in [0.15, 0.2) is 0 Å². The predicted octanol–water partition coefficient (Wildman–Crippen LogP) is 4.02. The molecule has 0 radical (unpaired) electrons. The van der Waals surface area contributed by atoms with E-state index in [1.54, 1.807) is 6.33 Å². The van der Waals surface area contributed by atoms with Crippen LogP contribution in [-0.4, -0.2) is 23.1 Å².